The fraction of sp³-hybridized carbons (Fsp3) is 0.667. The zero-order valence-corrected chi connectivity index (χ0v) is 11.1. The average molecular weight is 251 g/mol. The Morgan fingerprint density at radius 3 is 2.44 bits per heavy atom. The molecule has 0 amide bonds. The van der Waals surface area contributed by atoms with Gasteiger partial charge in [-0.15, -0.1) is 0 Å². The standard InChI is InChI=1S/C12H21N5O/c1-12(2,3)11-15-9(14)8(13)10(16-11)17-5-4-7(18)6-17/h7,18H,4-6,13H2,1-3H3,(H2,14,15,16). The normalized spacial score (nSPS) is 20.4. The highest BCUT2D eigenvalue weighted by atomic mass is 16.3. The molecule has 1 aliphatic rings. The average Bonchev–Trinajstić information content (AvgIpc) is 2.67. The van der Waals surface area contributed by atoms with Crippen molar-refractivity contribution in [3.05, 3.63) is 5.82 Å². The van der Waals surface area contributed by atoms with E-state index < -0.39 is 0 Å². The maximum Gasteiger partial charge on any atom is 0.157 e. The topological polar surface area (TPSA) is 101 Å². The van der Waals surface area contributed by atoms with Crippen LogP contribution >= 0.6 is 0 Å². The van der Waals surface area contributed by atoms with Gasteiger partial charge < -0.3 is 21.5 Å². The highest BCUT2D eigenvalue weighted by Crippen LogP contribution is 2.31. The SMILES string of the molecule is CC(C)(C)c1nc(N)c(N)c(N2CCC(O)C2)n1. The van der Waals surface area contributed by atoms with E-state index in [0.717, 1.165) is 13.0 Å². The summed E-state index contributed by atoms with van der Waals surface area (Å²) in [4.78, 5) is 10.7. The predicted molar refractivity (Wildman–Crippen MR) is 72.4 cm³/mol. The minimum absolute atomic E-state index is 0.186. The highest BCUT2D eigenvalue weighted by molar-refractivity contribution is 5.74. The van der Waals surface area contributed by atoms with Crippen LogP contribution in [0.1, 0.15) is 33.0 Å². The first-order chi connectivity index (χ1) is 8.29. The number of hydrogen-bond donors (Lipinski definition) is 3. The molecule has 2 rings (SSSR count). The Hall–Kier alpha value is -1.56. The number of hydrogen-bond acceptors (Lipinski definition) is 6. The Balaban J connectivity index is 2.43. The molecule has 1 saturated heterocycles. The summed E-state index contributed by atoms with van der Waals surface area (Å²) in [5, 5.41) is 9.59. The molecule has 1 unspecified atom stereocenters. The molecule has 0 bridgehead atoms. The van der Waals surface area contributed by atoms with Crippen molar-refractivity contribution in [1.82, 2.24) is 9.97 Å². The van der Waals surface area contributed by atoms with Crippen molar-refractivity contribution in [2.24, 2.45) is 0 Å². The van der Waals surface area contributed by atoms with E-state index in [-0.39, 0.29) is 11.5 Å². The molecule has 0 aromatic carbocycles. The predicted octanol–water partition coefficient (Wildman–Crippen LogP) is 0.509. The van der Waals surface area contributed by atoms with Gasteiger partial charge in [-0.25, -0.2) is 9.97 Å². The number of aliphatic hydroxyl groups excluding tert-OH is 1. The van der Waals surface area contributed by atoms with Gasteiger partial charge in [-0.1, -0.05) is 20.8 Å². The molecule has 18 heavy (non-hydrogen) atoms. The van der Waals surface area contributed by atoms with Gasteiger partial charge in [-0.05, 0) is 6.42 Å². The fourth-order valence-electron chi connectivity index (χ4n) is 1.99. The monoisotopic (exact) mass is 251 g/mol. The lowest BCUT2D eigenvalue weighted by molar-refractivity contribution is 0.198. The number of aliphatic hydroxyl groups is 1. The molecule has 0 spiro atoms. The number of β-amino-alcohol motifs (C(OH)–C–C–N with tert-alkyl or cyclic N) is 1. The van der Waals surface area contributed by atoms with Gasteiger partial charge in [-0.2, -0.15) is 0 Å². The largest absolute Gasteiger partial charge is 0.393 e. The van der Waals surface area contributed by atoms with Gasteiger partial charge in [0.1, 0.15) is 11.5 Å². The van der Waals surface area contributed by atoms with E-state index in [9.17, 15) is 5.11 Å². The third kappa shape index (κ3) is 2.33. The highest BCUT2D eigenvalue weighted by Gasteiger charge is 2.27. The zero-order chi connectivity index (χ0) is 13.5. The maximum atomic E-state index is 9.59. The summed E-state index contributed by atoms with van der Waals surface area (Å²) >= 11 is 0. The first-order valence-corrected chi connectivity index (χ1v) is 6.15. The second-order valence-corrected chi connectivity index (χ2v) is 5.81. The van der Waals surface area contributed by atoms with Gasteiger partial charge in [0.2, 0.25) is 0 Å². The van der Waals surface area contributed by atoms with Crippen LogP contribution in [0.4, 0.5) is 17.3 Å². The first-order valence-electron chi connectivity index (χ1n) is 6.15. The Kier molecular flexibility index (Phi) is 3.06. The van der Waals surface area contributed by atoms with Gasteiger partial charge in [0.05, 0.1) is 6.10 Å². The molecule has 1 aromatic heterocycles. The molecule has 6 heteroatoms. The van der Waals surface area contributed by atoms with Gasteiger partial charge in [0.25, 0.3) is 0 Å². The Morgan fingerprint density at radius 2 is 1.94 bits per heavy atom. The van der Waals surface area contributed by atoms with Crippen molar-refractivity contribution in [1.29, 1.82) is 0 Å². The summed E-state index contributed by atoms with van der Waals surface area (Å²) in [6.45, 7) is 7.37. The number of rotatable bonds is 1. The number of aromatic nitrogens is 2. The molecule has 2 heterocycles. The maximum absolute atomic E-state index is 9.59. The summed E-state index contributed by atoms with van der Waals surface area (Å²) in [7, 11) is 0. The lowest BCUT2D eigenvalue weighted by atomic mass is 9.95. The van der Waals surface area contributed by atoms with Crippen molar-refractivity contribution in [3.8, 4) is 0 Å². The van der Waals surface area contributed by atoms with Crippen molar-refractivity contribution in [2.45, 2.75) is 38.7 Å². The Bertz CT molecular complexity index is 455. The molecular formula is C12H21N5O. The van der Waals surface area contributed by atoms with Crippen LogP contribution in [0.15, 0.2) is 0 Å². The first kappa shape index (κ1) is 12.9. The molecule has 1 aromatic rings. The summed E-state index contributed by atoms with van der Waals surface area (Å²) in [6, 6.07) is 0. The van der Waals surface area contributed by atoms with E-state index in [1.165, 1.54) is 0 Å². The molecule has 1 aliphatic heterocycles. The van der Waals surface area contributed by atoms with E-state index in [4.69, 9.17) is 11.5 Å². The molecule has 1 atom stereocenters. The zero-order valence-electron chi connectivity index (χ0n) is 11.1. The van der Waals surface area contributed by atoms with Crippen LogP contribution < -0.4 is 16.4 Å². The molecule has 5 N–H and O–H groups in total. The molecule has 1 fully saturated rings. The van der Waals surface area contributed by atoms with Crippen LogP contribution in [0.2, 0.25) is 0 Å². The van der Waals surface area contributed by atoms with Crippen molar-refractivity contribution < 1.29 is 5.11 Å². The quantitative estimate of drug-likeness (QED) is 0.672. The minimum Gasteiger partial charge on any atom is -0.393 e. The third-order valence-electron chi connectivity index (χ3n) is 3.09. The second kappa shape index (κ2) is 4.28. The number of anilines is 3. The second-order valence-electron chi connectivity index (χ2n) is 5.81. The van der Waals surface area contributed by atoms with Crippen LogP contribution in [0.25, 0.3) is 0 Å². The summed E-state index contributed by atoms with van der Waals surface area (Å²) in [6.07, 6.45) is 0.410. The summed E-state index contributed by atoms with van der Waals surface area (Å²) in [5.74, 6) is 1.63. The smallest absolute Gasteiger partial charge is 0.157 e. The lowest BCUT2D eigenvalue weighted by Crippen LogP contribution is -2.27. The van der Waals surface area contributed by atoms with Gasteiger partial charge in [-0.3, -0.25) is 0 Å². The lowest BCUT2D eigenvalue weighted by Gasteiger charge is -2.23. The van der Waals surface area contributed by atoms with Crippen molar-refractivity contribution in [2.75, 3.05) is 29.5 Å². The Labute approximate surface area is 107 Å². The van der Waals surface area contributed by atoms with Crippen molar-refractivity contribution in [3.63, 3.8) is 0 Å². The minimum atomic E-state index is -0.321. The van der Waals surface area contributed by atoms with Crippen LogP contribution in [-0.2, 0) is 5.41 Å². The number of nitrogens with two attached hydrogens (primary N) is 2. The van der Waals surface area contributed by atoms with Gasteiger partial charge in [0, 0.05) is 18.5 Å². The van der Waals surface area contributed by atoms with E-state index in [1.807, 2.05) is 25.7 Å². The summed E-state index contributed by atoms with van der Waals surface area (Å²) < 4.78 is 0. The van der Waals surface area contributed by atoms with Crippen LogP contribution in [-0.4, -0.2) is 34.3 Å². The molecule has 6 nitrogen and oxygen atoms in total. The van der Waals surface area contributed by atoms with E-state index in [0.29, 0.717) is 29.7 Å². The number of nitrogens with zero attached hydrogens (tertiary/aromatic N) is 3. The molecule has 0 aliphatic carbocycles. The molecular weight excluding hydrogens is 230 g/mol. The van der Waals surface area contributed by atoms with E-state index in [1.54, 1.807) is 0 Å². The molecule has 0 radical (unpaired) electrons. The van der Waals surface area contributed by atoms with Crippen molar-refractivity contribution >= 4 is 17.3 Å². The summed E-state index contributed by atoms with van der Waals surface area (Å²) in [5.41, 5.74) is 12.0. The Morgan fingerprint density at radius 1 is 1.28 bits per heavy atom. The van der Waals surface area contributed by atoms with Gasteiger partial charge >= 0.3 is 0 Å². The van der Waals surface area contributed by atoms with Crippen LogP contribution in [0.3, 0.4) is 0 Å². The molecule has 100 valence electrons. The van der Waals surface area contributed by atoms with Gasteiger partial charge in [0.15, 0.2) is 11.6 Å². The third-order valence-corrected chi connectivity index (χ3v) is 3.09. The number of nitrogen functional groups attached to an aromatic ring is 2. The van der Waals surface area contributed by atoms with Crippen LogP contribution in [0.5, 0.6) is 0 Å². The van der Waals surface area contributed by atoms with E-state index >= 15 is 0 Å². The fourth-order valence-corrected chi connectivity index (χ4v) is 1.99. The van der Waals surface area contributed by atoms with Crippen LogP contribution in [0, 0.1) is 0 Å². The molecule has 0 saturated carbocycles. The van der Waals surface area contributed by atoms with E-state index in [2.05, 4.69) is 9.97 Å².